The molecule has 1 unspecified atom stereocenters. The third-order valence-electron chi connectivity index (χ3n) is 2.93. The van der Waals surface area contributed by atoms with E-state index in [4.69, 9.17) is 4.74 Å². The summed E-state index contributed by atoms with van der Waals surface area (Å²) >= 11 is 3.40. The van der Waals surface area contributed by atoms with Crippen molar-refractivity contribution < 1.29 is 9.13 Å². The number of ether oxygens (including phenoxy) is 1. The second-order valence-corrected chi connectivity index (χ2v) is 5.12. The summed E-state index contributed by atoms with van der Waals surface area (Å²) < 4.78 is 19.9. The molecule has 1 N–H and O–H groups in total. The molecular weight excluding hydrogens is 297 g/mol. The summed E-state index contributed by atoms with van der Waals surface area (Å²) in [5.41, 5.74) is 1.82. The predicted molar refractivity (Wildman–Crippen MR) is 72.4 cm³/mol. The third-order valence-corrected chi connectivity index (χ3v) is 3.42. The smallest absolute Gasteiger partial charge is 0.143 e. The van der Waals surface area contributed by atoms with Gasteiger partial charge < -0.3 is 10.1 Å². The first-order valence-corrected chi connectivity index (χ1v) is 6.46. The fourth-order valence-corrected chi connectivity index (χ4v) is 2.38. The summed E-state index contributed by atoms with van der Waals surface area (Å²) in [4.78, 5) is 0. The molecule has 0 saturated heterocycles. The SMILES string of the molecule is Fc1cccc(C2COc3cc(Br)ccc3N2)c1. The summed E-state index contributed by atoms with van der Waals surface area (Å²) in [5, 5.41) is 3.36. The van der Waals surface area contributed by atoms with Crippen molar-refractivity contribution in [2.24, 2.45) is 0 Å². The lowest BCUT2D eigenvalue weighted by Crippen LogP contribution is -2.23. The van der Waals surface area contributed by atoms with Crippen LogP contribution in [0.1, 0.15) is 11.6 Å². The highest BCUT2D eigenvalue weighted by molar-refractivity contribution is 9.10. The Hall–Kier alpha value is -1.55. The summed E-state index contributed by atoms with van der Waals surface area (Å²) in [7, 11) is 0. The number of hydrogen-bond donors (Lipinski definition) is 1. The first-order valence-electron chi connectivity index (χ1n) is 5.67. The molecule has 1 atom stereocenters. The average Bonchev–Trinajstić information content (AvgIpc) is 2.38. The summed E-state index contributed by atoms with van der Waals surface area (Å²) in [6, 6.07) is 12.4. The van der Waals surface area contributed by atoms with E-state index in [0.717, 1.165) is 21.5 Å². The Morgan fingerprint density at radius 1 is 1.22 bits per heavy atom. The van der Waals surface area contributed by atoms with E-state index in [1.807, 2.05) is 24.3 Å². The molecule has 0 aromatic heterocycles. The Kier molecular flexibility index (Phi) is 2.96. The van der Waals surface area contributed by atoms with Crippen LogP contribution in [0.5, 0.6) is 5.75 Å². The van der Waals surface area contributed by atoms with Crippen molar-refractivity contribution in [1.82, 2.24) is 0 Å². The minimum absolute atomic E-state index is 0.0191. The summed E-state index contributed by atoms with van der Waals surface area (Å²) in [6.07, 6.45) is 0. The van der Waals surface area contributed by atoms with Gasteiger partial charge in [0, 0.05) is 4.47 Å². The van der Waals surface area contributed by atoms with Crippen LogP contribution in [-0.2, 0) is 0 Å². The molecule has 1 heterocycles. The summed E-state index contributed by atoms with van der Waals surface area (Å²) in [5.74, 6) is 0.591. The Morgan fingerprint density at radius 2 is 2.11 bits per heavy atom. The molecule has 2 aromatic carbocycles. The number of hydrogen-bond acceptors (Lipinski definition) is 2. The highest BCUT2D eigenvalue weighted by Gasteiger charge is 2.20. The molecule has 0 spiro atoms. The number of halogens is 2. The van der Waals surface area contributed by atoms with Crippen LogP contribution in [0.4, 0.5) is 10.1 Å². The number of fused-ring (bicyclic) bond motifs is 1. The fourth-order valence-electron chi connectivity index (χ4n) is 2.04. The van der Waals surface area contributed by atoms with Gasteiger partial charge in [0.2, 0.25) is 0 Å². The van der Waals surface area contributed by atoms with Gasteiger partial charge >= 0.3 is 0 Å². The van der Waals surface area contributed by atoms with Crippen LogP contribution in [0.25, 0.3) is 0 Å². The molecule has 3 rings (SSSR count). The highest BCUT2D eigenvalue weighted by atomic mass is 79.9. The molecule has 4 heteroatoms. The zero-order valence-electron chi connectivity index (χ0n) is 9.49. The van der Waals surface area contributed by atoms with Crippen molar-refractivity contribution in [3.8, 4) is 5.75 Å². The van der Waals surface area contributed by atoms with E-state index in [9.17, 15) is 4.39 Å². The highest BCUT2D eigenvalue weighted by Crippen LogP contribution is 2.35. The molecule has 1 aliphatic rings. The lowest BCUT2D eigenvalue weighted by molar-refractivity contribution is 0.286. The molecule has 0 saturated carbocycles. The number of nitrogens with one attached hydrogen (secondary N) is 1. The topological polar surface area (TPSA) is 21.3 Å². The van der Waals surface area contributed by atoms with Crippen LogP contribution < -0.4 is 10.1 Å². The molecule has 92 valence electrons. The molecule has 0 radical (unpaired) electrons. The van der Waals surface area contributed by atoms with Crippen molar-refractivity contribution in [1.29, 1.82) is 0 Å². The average molecular weight is 308 g/mol. The Bertz CT molecular complexity index is 588. The normalized spacial score (nSPS) is 17.6. The fraction of sp³-hybridized carbons (Fsp3) is 0.143. The van der Waals surface area contributed by atoms with Crippen LogP contribution in [-0.4, -0.2) is 6.61 Å². The largest absolute Gasteiger partial charge is 0.489 e. The maximum Gasteiger partial charge on any atom is 0.143 e. The number of anilines is 1. The van der Waals surface area contributed by atoms with Crippen molar-refractivity contribution >= 4 is 21.6 Å². The first kappa shape index (κ1) is 11.5. The van der Waals surface area contributed by atoms with E-state index in [2.05, 4.69) is 21.2 Å². The molecule has 2 aromatic rings. The van der Waals surface area contributed by atoms with Gasteiger partial charge in [-0.05, 0) is 35.9 Å². The van der Waals surface area contributed by atoms with E-state index in [-0.39, 0.29) is 11.9 Å². The van der Waals surface area contributed by atoms with Gasteiger partial charge in [0.05, 0.1) is 11.7 Å². The molecule has 0 amide bonds. The zero-order chi connectivity index (χ0) is 12.5. The second kappa shape index (κ2) is 4.61. The van der Waals surface area contributed by atoms with Gasteiger partial charge in [0.15, 0.2) is 0 Å². The van der Waals surface area contributed by atoms with E-state index in [0.29, 0.717) is 6.61 Å². The Morgan fingerprint density at radius 3 is 2.94 bits per heavy atom. The standard InChI is InChI=1S/C14H11BrFNO/c15-10-4-5-12-14(7-10)18-8-13(17-12)9-2-1-3-11(16)6-9/h1-7,13,17H,8H2. The van der Waals surface area contributed by atoms with Gasteiger partial charge in [0.25, 0.3) is 0 Å². The van der Waals surface area contributed by atoms with Gasteiger partial charge in [0.1, 0.15) is 18.2 Å². The van der Waals surface area contributed by atoms with E-state index >= 15 is 0 Å². The maximum absolute atomic E-state index is 13.2. The van der Waals surface area contributed by atoms with Crippen LogP contribution in [0, 0.1) is 5.82 Å². The second-order valence-electron chi connectivity index (χ2n) is 4.20. The van der Waals surface area contributed by atoms with Crippen molar-refractivity contribution in [2.45, 2.75) is 6.04 Å². The number of benzene rings is 2. The Balaban J connectivity index is 1.89. The molecule has 0 fully saturated rings. The van der Waals surface area contributed by atoms with Gasteiger partial charge in [-0.15, -0.1) is 0 Å². The van der Waals surface area contributed by atoms with E-state index in [1.54, 1.807) is 6.07 Å². The predicted octanol–water partition coefficient (Wildman–Crippen LogP) is 4.13. The third kappa shape index (κ3) is 2.20. The molecule has 0 bridgehead atoms. The lowest BCUT2D eigenvalue weighted by Gasteiger charge is -2.28. The monoisotopic (exact) mass is 307 g/mol. The van der Waals surface area contributed by atoms with E-state index in [1.165, 1.54) is 12.1 Å². The van der Waals surface area contributed by atoms with Crippen molar-refractivity contribution in [2.75, 3.05) is 11.9 Å². The van der Waals surface area contributed by atoms with Crippen LogP contribution in [0.3, 0.4) is 0 Å². The molecule has 18 heavy (non-hydrogen) atoms. The van der Waals surface area contributed by atoms with Gasteiger partial charge in [-0.2, -0.15) is 0 Å². The number of rotatable bonds is 1. The lowest BCUT2D eigenvalue weighted by atomic mass is 10.1. The van der Waals surface area contributed by atoms with Crippen molar-refractivity contribution in [3.05, 3.63) is 58.3 Å². The van der Waals surface area contributed by atoms with Gasteiger partial charge in [-0.25, -0.2) is 4.39 Å². The molecule has 0 aliphatic carbocycles. The van der Waals surface area contributed by atoms with E-state index < -0.39 is 0 Å². The minimum atomic E-state index is -0.226. The van der Waals surface area contributed by atoms with Gasteiger partial charge in [-0.1, -0.05) is 28.1 Å². The maximum atomic E-state index is 13.2. The summed E-state index contributed by atoms with van der Waals surface area (Å²) in [6.45, 7) is 0.493. The molecule has 2 nitrogen and oxygen atoms in total. The van der Waals surface area contributed by atoms with Crippen LogP contribution in [0.2, 0.25) is 0 Å². The molecular formula is C14H11BrFNO. The quantitative estimate of drug-likeness (QED) is 0.855. The minimum Gasteiger partial charge on any atom is -0.489 e. The van der Waals surface area contributed by atoms with Crippen LogP contribution in [0.15, 0.2) is 46.9 Å². The first-order chi connectivity index (χ1) is 8.72. The van der Waals surface area contributed by atoms with Gasteiger partial charge in [-0.3, -0.25) is 0 Å². The zero-order valence-corrected chi connectivity index (χ0v) is 11.1. The van der Waals surface area contributed by atoms with Crippen molar-refractivity contribution in [3.63, 3.8) is 0 Å². The Labute approximate surface area is 113 Å². The van der Waals surface area contributed by atoms with Crippen LogP contribution >= 0.6 is 15.9 Å². The molecule has 1 aliphatic heterocycles.